The topological polar surface area (TPSA) is 92.8 Å². The van der Waals surface area contributed by atoms with Crippen molar-refractivity contribution in [2.45, 2.75) is 19.4 Å². The highest BCUT2D eigenvalue weighted by molar-refractivity contribution is 6.29. The van der Waals surface area contributed by atoms with Crippen molar-refractivity contribution in [2.75, 3.05) is 12.4 Å². The number of ether oxygens (including phenoxy) is 1. The van der Waals surface area contributed by atoms with Crippen molar-refractivity contribution in [2.24, 2.45) is 0 Å². The molecule has 1 amide bonds. The number of pyridine rings is 2. The van der Waals surface area contributed by atoms with Crippen molar-refractivity contribution in [1.82, 2.24) is 20.2 Å². The molecule has 134 valence electrons. The summed E-state index contributed by atoms with van der Waals surface area (Å²) in [5, 5.41) is 10.5. The molecule has 3 aromatic heterocycles. The van der Waals surface area contributed by atoms with E-state index in [-0.39, 0.29) is 5.91 Å². The number of carbonyl (C=O) groups is 1. The van der Waals surface area contributed by atoms with Crippen molar-refractivity contribution >= 4 is 23.3 Å². The average Bonchev–Trinajstić information content (AvgIpc) is 3.05. The molecule has 0 aliphatic rings. The van der Waals surface area contributed by atoms with Gasteiger partial charge in [0, 0.05) is 43.2 Å². The summed E-state index contributed by atoms with van der Waals surface area (Å²) in [5.74, 6) is 0.417. The molecule has 3 heterocycles. The molecule has 0 aliphatic carbocycles. The van der Waals surface area contributed by atoms with E-state index < -0.39 is 0 Å². The lowest BCUT2D eigenvalue weighted by Gasteiger charge is -2.07. The number of aromatic nitrogens is 4. The van der Waals surface area contributed by atoms with Gasteiger partial charge in [-0.15, -0.1) is 0 Å². The van der Waals surface area contributed by atoms with E-state index in [1.54, 1.807) is 31.8 Å². The Morgan fingerprint density at radius 2 is 2.08 bits per heavy atom. The lowest BCUT2D eigenvalue weighted by Crippen LogP contribution is -2.14. The van der Waals surface area contributed by atoms with Gasteiger partial charge in [0.2, 0.25) is 5.91 Å². The number of hydrogen-bond acceptors (Lipinski definition) is 5. The van der Waals surface area contributed by atoms with Crippen LogP contribution in [0.2, 0.25) is 5.15 Å². The van der Waals surface area contributed by atoms with Crippen LogP contribution in [0.15, 0.2) is 42.9 Å². The van der Waals surface area contributed by atoms with Crippen molar-refractivity contribution in [3.8, 4) is 11.3 Å². The molecular formula is C18H18ClN5O2. The monoisotopic (exact) mass is 371 g/mol. The number of aromatic amines is 1. The predicted molar refractivity (Wildman–Crippen MR) is 98.7 cm³/mol. The van der Waals surface area contributed by atoms with Gasteiger partial charge in [0.15, 0.2) is 0 Å². The van der Waals surface area contributed by atoms with Crippen molar-refractivity contribution in [3.05, 3.63) is 59.1 Å². The zero-order valence-electron chi connectivity index (χ0n) is 14.2. The maximum absolute atomic E-state index is 12.3. The molecule has 0 aromatic carbocycles. The average molecular weight is 372 g/mol. The Morgan fingerprint density at radius 1 is 1.27 bits per heavy atom. The molecule has 0 radical (unpaired) electrons. The van der Waals surface area contributed by atoms with Gasteiger partial charge in [0.05, 0.1) is 12.3 Å². The van der Waals surface area contributed by atoms with E-state index in [4.69, 9.17) is 16.3 Å². The molecule has 26 heavy (non-hydrogen) atoms. The van der Waals surface area contributed by atoms with Gasteiger partial charge in [0.1, 0.15) is 11.0 Å². The first kappa shape index (κ1) is 18.0. The fourth-order valence-electron chi connectivity index (χ4n) is 2.52. The van der Waals surface area contributed by atoms with Gasteiger partial charge in [-0.1, -0.05) is 17.7 Å². The van der Waals surface area contributed by atoms with E-state index in [1.807, 2.05) is 18.2 Å². The fourth-order valence-corrected chi connectivity index (χ4v) is 2.63. The molecule has 0 saturated heterocycles. The summed E-state index contributed by atoms with van der Waals surface area (Å²) in [6.07, 6.45) is 5.95. The number of halogens is 1. The largest absolute Gasteiger partial charge is 0.380 e. The fraction of sp³-hybridized carbons (Fsp3) is 0.222. The van der Waals surface area contributed by atoms with E-state index in [2.05, 4.69) is 25.5 Å². The molecule has 0 bridgehead atoms. The number of methoxy groups -OCH3 is 1. The number of H-pyrrole nitrogens is 1. The minimum atomic E-state index is -0.123. The van der Waals surface area contributed by atoms with Crippen LogP contribution in [0.5, 0.6) is 0 Å². The summed E-state index contributed by atoms with van der Waals surface area (Å²) < 4.78 is 5.26. The van der Waals surface area contributed by atoms with Gasteiger partial charge in [-0.3, -0.25) is 14.9 Å². The molecule has 0 atom stereocenters. The number of hydrogen-bond donors (Lipinski definition) is 2. The highest BCUT2D eigenvalue weighted by Crippen LogP contribution is 2.27. The summed E-state index contributed by atoms with van der Waals surface area (Å²) in [6.45, 7) is 0.324. The van der Waals surface area contributed by atoms with Crippen LogP contribution >= 0.6 is 11.6 Å². The first-order valence-electron chi connectivity index (χ1n) is 8.04. The van der Waals surface area contributed by atoms with Crippen LogP contribution in [0.25, 0.3) is 11.3 Å². The van der Waals surface area contributed by atoms with E-state index in [0.717, 1.165) is 22.4 Å². The van der Waals surface area contributed by atoms with Crippen LogP contribution in [0.4, 0.5) is 5.82 Å². The van der Waals surface area contributed by atoms with Gasteiger partial charge in [0.25, 0.3) is 0 Å². The molecule has 0 saturated carbocycles. The van der Waals surface area contributed by atoms with Gasteiger partial charge in [-0.05, 0) is 30.2 Å². The molecule has 0 aliphatic heterocycles. The first-order valence-corrected chi connectivity index (χ1v) is 8.42. The second kappa shape index (κ2) is 8.55. The third-order valence-corrected chi connectivity index (χ3v) is 4.03. The zero-order valence-corrected chi connectivity index (χ0v) is 15.0. The second-order valence-electron chi connectivity index (χ2n) is 5.63. The molecule has 0 fully saturated rings. The summed E-state index contributed by atoms with van der Waals surface area (Å²) in [6, 6.07) is 7.28. The molecule has 3 rings (SSSR count). The Hall–Kier alpha value is -2.77. The number of nitrogens with one attached hydrogen (secondary N) is 2. The molecule has 7 nitrogen and oxygen atoms in total. The highest BCUT2D eigenvalue weighted by Gasteiger charge is 2.16. The van der Waals surface area contributed by atoms with Crippen molar-refractivity contribution in [3.63, 3.8) is 0 Å². The highest BCUT2D eigenvalue weighted by atomic mass is 35.5. The Bertz CT molecular complexity index is 865. The summed E-state index contributed by atoms with van der Waals surface area (Å²) >= 11 is 5.76. The van der Waals surface area contributed by atoms with E-state index in [0.29, 0.717) is 30.4 Å². The normalized spacial score (nSPS) is 10.7. The van der Waals surface area contributed by atoms with Gasteiger partial charge < -0.3 is 10.1 Å². The summed E-state index contributed by atoms with van der Waals surface area (Å²) in [4.78, 5) is 20.3. The summed E-state index contributed by atoms with van der Waals surface area (Å²) in [5.41, 5.74) is 3.37. The van der Waals surface area contributed by atoms with Crippen LogP contribution in [0.3, 0.4) is 0 Å². The number of anilines is 1. The van der Waals surface area contributed by atoms with Crippen LogP contribution in [-0.2, 0) is 22.6 Å². The predicted octanol–water partition coefficient (Wildman–Crippen LogP) is 3.24. The smallest absolute Gasteiger partial charge is 0.225 e. The molecule has 0 spiro atoms. The van der Waals surface area contributed by atoms with E-state index >= 15 is 0 Å². The minimum absolute atomic E-state index is 0.123. The number of carbonyl (C=O) groups excluding carboxylic acids is 1. The Kier molecular flexibility index (Phi) is 5.93. The Morgan fingerprint density at radius 3 is 2.77 bits per heavy atom. The van der Waals surface area contributed by atoms with Crippen LogP contribution in [0.1, 0.15) is 17.5 Å². The molecule has 0 unspecified atom stereocenters. The van der Waals surface area contributed by atoms with Crippen LogP contribution in [-0.4, -0.2) is 33.2 Å². The summed E-state index contributed by atoms with van der Waals surface area (Å²) in [7, 11) is 1.60. The van der Waals surface area contributed by atoms with Crippen molar-refractivity contribution in [1.29, 1.82) is 0 Å². The van der Waals surface area contributed by atoms with Crippen LogP contribution < -0.4 is 5.32 Å². The lowest BCUT2D eigenvalue weighted by atomic mass is 10.1. The molecule has 2 N–H and O–H groups in total. The van der Waals surface area contributed by atoms with E-state index in [1.165, 1.54) is 0 Å². The number of rotatable bonds is 7. The first-order chi connectivity index (χ1) is 12.7. The SMILES string of the molecule is COCc1c(-c2ccncc2)n[nH]c1NC(=O)CCc1ccc(Cl)nc1. The molecule has 3 aromatic rings. The second-order valence-corrected chi connectivity index (χ2v) is 6.02. The zero-order chi connectivity index (χ0) is 18.4. The maximum Gasteiger partial charge on any atom is 0.225 e. The van der Waals surface area contributed by atoms with E-state index in [9.17, 15) is 4.79 Å². The third-order valence-electron chi connectivity index (χ3n) is 3.80. The Labute approximate surface area is 155 Å². The standard InChI is InChI=1S/C18H18ClN5O2/c1-26-11-14-17(13-6-8-20-9-7-13)23-24-18(14)22-16(25)5-3-12-2-4-15(19)21-10-12/h2,4,6-10H,3,5,11H2,1H3,(H2,22,23,24,25). The van der Waals surface area contributed by atoms with Crippen molar-refractivity contribution < 1.29 is 9.53 Å². The van der Waals surface area contributed by atoms with Gasteiger partial charge in [-0.25, -0.2) is 4.98 Å². The minimum Gasteiger partial charge on any atom is -0.380 e. The van der Waals surface area contributed by atoms with Gasteiger partial charge in [-0.2, -0.15) is 5.10 Å². The molecule has 8 heteroatoms. The van der Waals surface area contributed by atoms with Gasteiger partial charge >= 0.3 is 0 Å². The maximum atomic E-state index is 12.3. The Balaban J connectivity index is 1.69. The quantitative estimate of drug-likeness (QED) is 0.622. The van der Waals surface area contributed by atoms with Crippen LogP contribution in [0, 0.1) is 0 Å². The number of nitrogens with zero attached hydrogens (tertiary/aromatic N) is 3. The lowest BCUT2D eigenvalue weighted by molar-refractivity contribution is -0.116. The number of amides is 1. The molecular weight excluding hydrogens is 354 g/mol. The number of aryl methyl sites for hydroxylation is 1. The third kappa shape index (κ3) is 4.44.